The zero-order valence-corrected chi connectivity index (χ0v) is 22.9. The first-order valence-electron chi connectivity index (χ1n) is 14.1. The third-order valence-corrected chi connectivity index (χ3v) is 8.25. The van der Waals surface area contributed by atoms with Crippen LogP contribution < -0.4 is 11.1 Å². The van der Waals surface area contributed by atoms with Crippen LogP contribution in [0.3, 0.4) is 0 Å². The topological polar surface area (TPSA) is 120 Å². The third-order valence-electron chi connectivity index (χ3n) is 8.25. The molecular weight excluding hydrogens is 533 g/mol. The number of piperidine rings is 1. The van der Waals surface area contributed by atoms with Crippen molar-refractivity contribution >= 4 is 22.9 Å². The van der Waals surface area contributed by atoms with E-state index in [1.54, 1.807) is 30.7 Å². The van der Waals surface area contributed by atoms with Gasteiger partial charge in [-0.05, 0) is 73.2 Å². The molecule has 1 fully saturated rings. The number of nitrogens with one attached hydrogen (secondary N) is 1. The van der Waals surface area contributed by atoms with Crippen molar-refractivity contribution in [2.75, 3.05) is 18.8 Å². The summed E-state index contributed by atoms with van der Waals surface area (Å²) in [6, 6.07) is 13.7. The van der Waals surface area contributed by atoms with Gasteiger partial charge in [0.15, 0.2) is 23.1 Å². The van der Waals surface area contributed by atoms with Crippen LogP contribution in [0.15, 0.2) is 73.7 Å². The Morgan fingerprint density at radius 1 is 1.10 bits per heavy atom. The molecule has 7 rings (SSSR count). The van der Waals surface area contributed by atoms with E-state index in [9.17, 15) is 4.79 Å². The van der Waals surface area contributed by atoms with E-state index < -0.39 is 5.82 Å². The Morgan fingerprint density at radius 2 is 1.95 bits per heavy atom. The highest BCUT2D eigenvalue weighted by molar-refractivity contribution is 5.87. The Labute approximate surface area is 241 Å². The minimum absolute atomic E-state index is 0.000554. The van der Waals surface area contributed by atoms with Gasteiger partial charge in [0, 0.05) is 55.5 Å². The van der Waals surface area contributed by atoms with E-state index in [0.717, 1.165) is 44.5 Å². The fourth-order valence-electron chi connectivity index (χ4n) is 6.15. The lowest BCUT2D eigenvalue weighted by Gasteiger charge is -2.33. The lowest BCUT2D eigenvalue weighted by atomic mass is 10.0. The minimum Gasteiger partial charge on any atom is -0.383 e. The average Bonchev–Trinajstić information content (AvgIpc) is 3.76. The highest BCUT2D eigenvalue weighted by Crippen LogP contribution is 2.36. The maximum absolute atomic E-state index is 15.2. The van der Waals surface area contributed by atoms with Crippen molar-refractivity contribution in [1.29, 1.82) is 0 Å². The summed E-state index contributed by atoms with van der Waals surface area (Å²) in [6.45, 7) is 5.08. The number of pyridine rings is 2. The molecule has 11 heteroatoms. The van der Waals surface area contributed by atoms with Crippen molar-refractivity contribution in [1.82, 2.24) is 39.5 Å². The van der Waals surface area contributed by atoms with Crippen LogP contribution in [-0.4, -0.2) is 59.2 Å². The fourth-order valence-corrected chi connectivity index (χ4v) is 6.15. The summed E-state index contributed by atoms with van der Waals surface area (Å²) in [7, 11) is 0. The summed E-state index contributed by atoms with van der Waals surface area (Å²) >= 11 is 0. The highest BCUT2D eigenvalue weighted by atomic mass is 19.1. The molecule has 1 aromatic carbocycles. The van der Waals surface area contributed by atoms with Crippen molar-refractivity contribution < 1.29 is 9.18 Å². The highest BCUT2D eigenvalue weighted by Gasteiger charge is 2.29. The monoisotopic (exact) mass is 563 g/mol. The number of carbonyl (C=O) groups is 1. The van der Waals surface area contributed by atoms with Gasteiger partial charge >= 0.3 is 0 Å². The summed E-state index contributed by atoms with van der Waals surface area (Å²) in [5.74, 6) is 0.428. The van der Waals surface area contributed by atoms with E-state index >= 15 is 4.39 Å². The first kappa shape index (κ1) is 26.0. The van der Waals surface area contributed by atoms with Gasteiger partial charge in [-0.1, -0.05) is 12.6 Å². The molecule has 1 atom stereocenters. The van der Waals surface area contributed by atoms with Crippen LogP contribution >= 0.6 is 0 Å². The molecule has 3 N–H and O–H groups in total. The van der Waals surface area contributed by atoms with Gasteiger partial charge in [-0.15, -0.1) is 0 Å². The van der Waals surface area contributed by atoms with Crippen molar-refractivity contribution in [2.24, 2.45) is 0 Å². The van der Waals surface area contributed by atoms with Gasteiger partial charge in [-0.25, -0.2) is 24.0 Å². The van der Waals surface area contributed by atoms with Crippen LogP contribution in [0.4, 0.5) is 10.2 Å². The number of aromatic nitrogens is 6. The van der Waals surface area contributed by atoms with Gasteiger partial charge in [0.05, 0.1) is 5.56 Å². The number of rotatable bonds is 6. The Morgan fingerprint density at radius 3 is 2.71 bits per heavy atom. The number of imidazole rings is 1. The molecule has 0 bridgehead atoms. The molecule has 0 spiro atoms. The van der Waals surface area contributed by atoms with E-state index in [1.807, 2.05) is 15.5 Å². The molecule has 5 aromatic rings. The van der Waals surface area contributed by atoms with Crippen LogP contribution in [0.2, 0.25) is 0 Å². The van der Waals surface area contributed by atoms with Crippen LogP contribution in [-0.2, 0) is 11.2 Å². The summed E-state index contributed by atoms with van der Waals surface area (Å²) in [6.07, 6.45) is 10.0. The standard InChI is InChI=1S/C31H30FN9O/c1-2-27(42)39-15-10-20(11-16-39)36-25-9-6-19-17-21(7-8-22(19)25)41-29(23-5-3-12-34-28(23)33)37-26-18-24(32)30(38-31(26)41)40-14-4-13-35-40/h2-5,7-8,12-14,17-18,20,25,36H,1,6,9-11,15-16H2,(H2,33,34)/t25-/m0/s1. The molecule has 1 saturated heterocycles. The van der Waals surface area contributed by atoms with Crippen molar-refractivity contribution in [3.05, 3.63) is 90.7 Å². The largest absolute Gasteiger partial charge is 0.383 e. The number of aryl methyl sites for hydroxylation is 1. The zero-order chi connectivity index (χ0) is 28.8. The number of hydrogen-bond donors (Lipinski definition) is 2. The number of fused-ring (bicyclic) bond motifs is 2. The molecule has 10 nitrogen and oxygen atoms in total. The van der Waals surface area contributed by atoms with Crippen LogP contribution in [0, 0.1) is 5.82 Å². The Bertz CT molecular complexity index is 1810. The molecule has 1 aliphatic carbocycles. The van der Waals surface area contributed by atoms with E-state index in [4.69, 9.17) is 15.7 Å². The fraction of sp³-hybridized carbons (Fsp3) is 0.258. The smallest absolute Gasteiger partial charge is 0.245 e. The van der Waals surface area contributed by atoms with Crippen molar-refractivity contribution in [2.45, 2.75) is 37.8 Å². The lowest BCUT2D eigenvalue weighted by Crippen LogP contribution is -2.45. The second-order valence-corrected chi connectivity index (χ2v) is 10.7. The van der Waals surface area contributed by atoms with Crippen molar-refractivity contribution in [3.8, 4) is 22.9 Å². The predicted octanol–water partition coefficient (Wildman–Crippen LogP) is 4.14. The molecular formula is C31H30FN9O. The molecule has 0 unspecified atom stereocenters. The van der Waals surface area contributed by atoms with Crippen LogP contribution in [0.1, 0.15) is 36.4 Å². The summed E-state index contributed by atoms with van der Waals surface area (Å²) < 4.78 is 18.5. The minimum atomic E-state index is -0.524. The maximum Gasteiger partial charge on any atom is 0.245 e. The molecule has 5 heterocycles. The van der Waals surface area contributed by atoms with Crippen molar-refractivity contribution in [3.63, 3.8) is 0 Å². The number of likely N-dealkylation sites (tertiary alicyclic amines) is 1. The van der Waals surface area contributed by atoms with Crippen LogP contribution in [0.25, 0.3) is 34.1 Å². The molecule has 0 saturated carbocycles. The van der Waals surface area contributed by atoms with E-state index in [1.165, 1.54) is 28.0 Å². The zero-order valence-electron chi connectivity index (χ0n) is 22.9. The first-order valence-corrected chi connectivity index (χ1v) is 14.1. The van der Waals surface area contributed by atoms with Gasteiger partial charge < -0.3 is 16.0 Å². The summed E-state index contributed by atoms with van der Waals surface area (Å²) in [4.78, 5) is 27.6. The number of benzene rings is 1. The SMILES string of the molecule is C=CC(=O)N1CCC(N[C@H]2CCc3cc(-n4c(-c5cccnc5N)nc5cc(F)c(-n6cccn6)nc54)ccc32)CC1. The van der Waals surface area contributed by atoms with E-state index in [0.29, 0.717) is 34.4 Å². The Hall–Kier alpha value is -4.90. The number of carbonyl (C=O) groups excluding carboxylic acids is 1. The Balaban J connectivity index is 1.26. The van der Waals surface area contributed by atoms with Gasteiger partial charge in [-0.3, -0.25) is 9.36 Å². The molecule has 42 heavy (non-hydrogen) atoms. The number of hydrogen-bond acceptors (Lipinski definition) is 7. The summed E-state index contributed by atoms with van der Waals surface area (Å²) in [5, 5.41) is 8.02. The number of nitrogens with two attached hydrogens (primary N) is 1. The normalized spacial score (nSPS) is 17.1. The number of nitrogen functional groups attached to an aromatic ring is 1. The molecule has 1 aliphatic heterocycles. The van der Waals surface area contributed by atoms with Gasteiger partial charge in [-0.2, -0.15) is 5.10 Å². The summed E-state index contributed by atoms with van der Waals surface area (Å²) in [5.41, 5.74) is 11.2. The number of halogens is 1. The molecule has 1 amide bonds. The van der Waals surface area contributed by atoms with E-state index in [-0.39, 0.29) is 17.8 Å². The number of anilines is 1. The van der Waals surface area contributed by atoms with Gasteiger partial charge in [0.2, 0.25) is 5.91 Å². The number of amides is 1. The molecule has 0 radical (unpaired) electrons. The van der Waals surface area contributed by atoms with E-state index in [2.05, 4.69) is 40.2 Å². The van der Waals surface area contributed by atoms with Crippen LogP contribution in [0.5, 0.6) is 0 Å². The lowest BCUT2D eigenvalue weighted by molar-refractivity contribution is -0.127. The van der Waals surface area contributed by atoms with Gasteiger partial charge in [0.1, 0.15) is 11.3 Å². The molecule has 4 aromatic heterocycles. The second-order valence-electron chi connectivity index (χ2n) is 10.7. The quantitative estimate of drug-likeness (QED) is 0.298. The predicted molar refractivity (Wildman–Crippen MR) is 158 cm³/mol. The first-order chi connectivity index (χ1) is 20.5. The Kier molecular flexibility index (Phi) is 6.50. The van der Waals surface area contributed by atoms with Gasteiger partial charge in [0.25, 0.3) is 0 Å². The molecule has 2 aliphatic rings. The molecule has 212 valence electrons. The second kappa shape index (κ2) is 10.5. The third kappa shape index (κ3) is 4.51. The maximum atomic E-state index is 15.2. The number of nitrogens with zero attached hydrogens (tertiary/aromatic N) is 7. The average molecular weight is 564 g/mol.